The van der Waals surface area contributed by atoms with Gasteiger partial charge in [0.05, 0.1) is 11.9 Å². The van der Waals surface area contributed by atoms with Gasteiger partial charge in [-0.15, -0.1) is 0 Å². The van der Waals surface area contributed by atoms with Crippen molar-refractivity contribution in [1.82, 2.24) is 10.2 Å². The number of anilines is 1. The first kappa shape index (κ1) is 29.9. The summed E-state index contributed by atoms with van der Waals surface area (Å²) in [4.78, 5) is 28.3. The minimum atomic E-state index is -3.82. The van der Waals surface area contributed by atoms with E-state index in [1.54, 1.807) is 37.3 Å². The molecular formula is C26H35Cl2N3O4S. The molecule has 0 bridgehead atoms. The molecule has 2 amide bonds. The fraction of sp³-hybridized carbons (Fsp3) is 0.462. The van der Waals surface area contributed by atoms with Crippen molar-refractivity contribution in [3.63, 3.8) is 0 Å². The summed E-state index contributed by atoms with van der Waals surface area (Å²) in [6.45, 7) is 8.94. The van der Waals surface area contributed by atoms with E-state index >= 15 is 0 Å². The molecule has 0 saturated heterocycles. The predicted molar refractivity (Wildman–Crippen MR) is 147 cm³/mol. The van der Waals surface area contributed by atoms with Crippen LogP contribution in [0, 0.1) is 0 Å². The summed E-state index contributed by atoms with van der Waals surface area (Å²) in [6.07, 6.45) is 1.40. The van der Waals surface area contributed by atoms with Crippen LogP contribution in [0.3, 0.4) is 0 Å². The molecule has 0 aliphatic rings. The second-order valence-corrected chi connectivity index (χ2v) is 12.1. The van der Waals surface area contributed by atoms with E-state index in [9.17, 15) is 18.0 Å². The van der Waals surface area contributed by atoms with E-state index in [1.165, 1.54) is 4.90 Å². The third kappa shape index (κ3) is 7.85. The first-order chi connectivity index (χ1) is 16.8. The molecule has 0 aromatic heterocycles. The molecular weight excluding hydrogens is 521 g/mol. The second-order valence-electron chi connectivity index (χ2n) is 9.33. The van der Waals surface area contributed by atoms with Crippen LogP contribution in [-0.4, -0.2) is 50.0 Å². The van der Waals surface area contributed by atoms with Crippen molar-refractivity contribution in [2.24, 2.45) is 0 Å². The van der Waals surface area contributed by atoms with Gasteiger partial charge in [0, 0.05) is 22.6 Å². The molecule has 0 radical (unpaired) electrons. The highest BCUT2D eigenvalue weighted by atomic mass is 35.5. The Bertz CT molecular complexity index is 1190. The molecule has 0 spiro atoms. The smallest absolute Gasteiger partial charge is 0.244 e. The number of sulfonamides is 1. The monoisotopic (exact) mass is 555 g/mol. The minimum absolute atomic E-state index is 0.0162. The first-order valence-electron chi connectivity index (χ1n) is 11.9. The van der Waals surface area contributed by atoms with Gasteiger partial charge >= 0.3 is 0 Å². The van der Waals surface area contributed by atoms with Gasteiger partial charge in [0.25, 0.3) is 0 Å². The highest BCUT2D eigenvalue weighted by molar-refractivity contribution is 7.92. The zero-order chi connectivity index (χ0) is 27.2. The zero-order valence-electron chi connectivity index (χ0n) is 21.6. The zero-order valence-corrected chi connectivity index (χ0v) is 23.9. The molecule has 198 valence electrons. The van der Waals surface area contributed by atoms with Crippen LogP contribution in [0.5, 0.6) is 0 Å². The molecule has 36 heavy (non-hydrogen) atoms. The number of hydrogen-bond acceptors (Lipinski definition) is 4. The van der Waals surface area contributed by atoms with E-state index in [0.29, 0.717) is 27.7 Å². The highest BCUT2D eigenvalue weighted by Gasteiger charge is 2.33. The number of hydrogen-bond donors (Lipinski definition) is 1. The Hall–Kier alpha value is -2.29. The van der Waals surface area contributed by atoms with Crippen LogP contribution in [0.25, 0.3) is 0 Å². The van der Waals surface area contributed by atoms with Gasteiger partial charge in [0.2, 0.25) is 21.8 Å². The van der Waals surface area contributed by atoms with Gasteiger partial charge in [-0.05, 0) is 55.5 Å². The molecule has 0 aliphatic heterocycles. The van der Waals surface area contributed by atoms with Crippen molar-refractivity contribution in [2.75, 3.05) is 17.1 Å². The number of nitrogens with zero attached hydrogens (tertiary/aromatic N) is 2. The van der Waals surface area contributed by atoms with Crippen molar-refractivity contribution in [3.05, 3.63) is 63.6 Å². The summed E-state index contributed by atoms with van der Waals surface area (Å²) in [5.41, 5.74) is 1.83. The lowest BCUT2D eigenvalue weighted by molar-refractivity contribution is -0.140. The van der Waals surface area contributed by atoms with Crippen LogP contribution in [0.4, 0.5) is 5.69 Å². The third-order valence-electron chi connectivity index (χ3n) is 5.68. The number of carbonyl (C=O) groups is 2. The minimum Gasteiger partial charge on any atom is -0.352 e. The van der Waals surface area contributed by atoms with E-state index in [2.05, 4.69) is 5.32 Å². The van der Waals surface area contributed by atoms with Crippen molar-refractivity contribution in [2.45, 2.75) is 65.6 Å². The molecule has 2 rings (SSSR count). The third-order valence-corrected chi connectivity index (χ3v) is 7.39. The topological polar surface area (TPSA) is 86.8 Å². The van der Waals surface area contributed by atoms with Crippen LogP contribution in [0.15, 0.2) is 42.5 Å². The Morgan fingerprint density at radius 1 is 1.03 bits per heavy atom. The van der Waals surface area contributed by atoms with E-state index in [1.807, 2.05) is 39.8 Å². The van der Waals surface area contributed by atoms with Gasteiger partial charge in [-0.2, -0.15) is 0 Å². The number of halogens is 2. The van der Waals surface area contributed by atoms with Crippen LogP contribution in [0.1, 0.15) is 58.1 Å². The summed E-state index contributed by atoms with van der Waals surface area (Å²) in [6, 6.07) is 11.1. The van der Waals surface area contributed by atoms with Gasteiger partial charge < -0.3 is 10.2 Å². The molecule has 1 unspecified atom stereocenters. The lowest BCUT2D eigenvalue weighted by atomic mass is 10.0. The van der Waals surface area contributed by atoms with Crippen LogP contribution >= 0.6 is 23.2 Å². The summed E-state index contributed by atoms with van der Waals surface area (Å²) in [7, 11) is -3.82. The predicted octanol–water partition coefficient (Wildman–Crippen LogP) is 5.21. The number of benzene rings is 2. The standard InChI is InChI=1S/C26H35Cl2N3O4S/c1-7-23(26(33)29-18(4)5)30(15-19-12-13-20(27)14-22(19)28)25(32)16-31(36(6,34)35)24-11-9-8-10-21(24)17(2)3/h8-14,17-18,23H,7,15-16H2,1-6H3,(H,29,33). The van der Waals surface area contributed by atoms with E-state index < -0.39 is 28.5 Å². The summed E-state index contributed by atoms with van der Waals surface area (Å²) < 4.78 is 26.9. The lowest BCUT2D eigenvalue weighted by Gasteiger charge is -2.34. The average Bonchev–Trinajstić information content (AvgIpc) is 2.77. The number of carbonyl (C=O) groups excluding carboxylic acids is 2. The summed E-state index contributed by atoms with van der Waals surface area (Å²) in [5, 5.41) is 3.65. The van der Waals surface area contributed by atoms with Crippen molar-refractivity contribution >= 4 is 50.7 Å². The maximum Gasteiger partial charge on any atom is 0.244 e. The molecule has 1 atom stereocenters. The summed E-state index contributed by atoms with van der Waals surface area (Å²) in [5.74, 6) is -0.806. The Balaban J connectivity index is 2.54. The Morgan fingerprint density at radius 3 is 2.19 bits per heavy atom. The molecule has 7 nitrogen and oxygen atoms in total. The molecule has 0 aliphatic carbocycles. The van der Waals surface area contributed by atoms with E-state index in [0.717, 1.165) is 16.1 Å². The van der Waals surface area contributed by atoms with Gasteiger partial charge in [-0.1, -0.05) is 68.2 Å². The molecule has 1 N–H and O–H groups in total. The first-order valence-corrected chi connectivity index (χ1v) is 14.5. The van der Waals surface area contributed by atoms with Crippen LogP contribution < -0.4 is 9.62 Å². The summed E-state index contributed by atoms with van der Waals surface area (Å²) >= 11 is 12.4. The normalized spacial score (nSPS) is 12.5. The van der Waals surface area contributed by atoms with Gasteiger partial charge in [0.1, 0.15) is 12.6 Å². The van der Waals surface area contributed by atoms with Gasteiger partial charge in [-0.25, -0.2) is 8.42 Å². The van der Waals surface area contributed by atoms with Crippen LogP contribution in [-0.2, 0) is 26.2 Å². The molecule has 2 aromatic rings. The SMILES string of the molecule is CCC(C(=O)NC(C)C)N(Cc1ccc(Cl)cc1Cl)C(=O)CN(c1ccccc1C(C)C)S(C)(=O)=O. The number of amides is 2. The van der Waals surface area contributed by atoms with Gasteiger partial charge in [0.15, 0.2) is 0 Å². The van der Waals surface area contributed by atoms with Crippen molar-refractivity contribution < 1.29 is 18.0 Å². The van der Waals surface area contributed by atoms with Crippen LogP contribution in [0.2, 0.25) is 10.0 Å². The molecule has 0 fully saturated rings. The number of nitrogens with one attached hydrogen (secondary N) is 1. The van der Waals surface area contributed by atoms with Gasteiger partial charge in [-0.3, -0.25) is 13.9 Å². The highest BCUT2D eigenvalue weighted by Crippen LogP contribution is 2.30. The quantitative estimate of drug-likeness (QED) is 0.412. The number of para-hydroxylation sites is 1. The fourth-order valence-electron chi connectivity index (χ4n) is 3.93. The average molecular weight is 557 g/mol. The van der Waals surface area contributed by atoms with Crippen molar-refractivity contribution in [3.8, 4) is 0 Å². The van der Waals surface area contributed by atoms with E-state index in [4.69, 9.17) is 23.2 Å². The Kier molecular flexibility index (Phi) is 10.6. The lowest BCUT2D eigenvalue weighted by Crippen LogP contribution is -2.53. The van der Waals surface area contributed by atoms with E-state index in [-0.39, 0.29) is 24.4 Å². The van der Waals surface area contributed by atoms with Crippen molar-refractivity contribution in [1.29, 1.82) is 0 Å². The molecule has 0 saturated carbocycles. The molecule has 2 aromatic carbocycles. The number of rotatable bonds is 11. The Morgan fingerprint density at radius 2 is 1.67 bits per heavy atom. The second kappa shape index (κ2) is 12.8. The molecule has 10 heteroatoms. The Labute approximate surface area is 224 Å². The fourth-order valence-corrected chi connectivity index (χ4v) is 5.27. The maximum absolute atomic E-state index is 13.8. The largest absolute Gasteiger partial charge is 0.352 e. The maximum atomic E-state index is 13.8. The molecule has 0 heterocycles.